The Morgan fingerprint density at radius 3 is 2.92 bits per heavy atom. The molecule has 1 aliphatic heterocycles. The molecule has 1 fully saturated rings. The van der Waals surface area contributed by atoms with Crippen LogP contribution in [0.5, 0.6) is 0 Å². The number of carbonyl (C=O) groups excluding carboxylic acids is 1. The van der Waals surface area contributed by atoms with Gasteiger partial charge in [0.15, 0.2) is 5.69 Å². The zero-order chi connectivity index (χ0) is 16.7. The third-order valence-electron chi connectivity index (χ3n) is 4.96. The fourth-order valence-electron chi connectivity index (χ4n) is 3.36. The molecule has 2 aliphatic rings. The summed E-state index contributed by atoms with van der Waals surface area (Å²) >= 11 is 6.19. The number of rotatable bonds is 4. The van der Waals surface area contributed by atoms with E-state index in [-0.39, 0.29) is 29.5 Å². The SMILES string of the molecule is Cl.O=C(NCC1(c2ccc(F)cc2Cl)CC1)c1n[nH]c2c1CNCC2. The molecule has 2 aromatic rings. The van der Waals surface area contributed by atoms with Crippen molar-refractivity contribution in [3.05, 3.63) is 51.6 Å². The number of carbonyl (C=O) groups is 1. The maximum atomic E-state index is 13.2. The lowest BCUT2D eigenvalue weighted by Crippen LogP contribution is -2.34. The van der Waals surface area contributed by atoms with Crippen molar-refractivity contribution in [2.75, 3.05) is 13.1 Å². The van der Waals surface area contributed by atoms with Crippen LogP contribution in [0.15, 0.2) is 18.2 Å². The van der Waals surface area contributed by atoms with Gasteiger partial charge in [-0.25, -0.2) is 4.39 Å². The number of aromatic nitrogens is 2. The van der Waals surface area contributed by atoms with Crippen LogP contribution >= 0.6 is 24.0 Å². The van der Waals surface area contributed by atoms with E-state index < -0.39 is 0 Å². The molecule has 0 radical (unpaired) electrons. The van der Waals surface area contributed by atoms with Gasteiger partial charge in [0.2, 0.25) is 0 Å². The summed E-state index contributed by atoms with van der Waals surface area (Å²) in [4.78, 5) is 12.5. The number of nitrogens with one attached hydrogen (secondary N) is 3. The number of aromatic amines is 1. The number of hydrogen-bond acceptors (Lipinski definition) is 3. The molecule has 3 N–H and O–H groups in total. The van der Waals surface area contributed by atoms with Crippen molar-refractivity contribution in [2.24, 2.45) is 0 Å². The molecule has 0 saturated heterocycles. The van der Waals surface area contributed by atoms with E-state index >= 15 is 0 Å². The van der Waals surface area contributed by atoms with E-state index in [0.717, 1.165) is 42.6 Å². The fraction of sp³-hybridized carbons (Fsp3) is 0.412. The van der Waals surface area contributed by atoms with Crippen LogP contribution in [0.25, 0.3) is 0 Å². The number of nitrogens with zero attached hydrogens (tertiary/aromatic N) is 1. The van der Waals surface area contributed by atoms with Crippen molar-refractivity contribution in [1.29, 1.82) is 0 Å². The third kappa shape index (κ3) is 3.38. The second-order valence-corrected chi connectivity index (χ2v) is 6.95. The summed E-state index contributed by atoms with van der Waals surface area (Å²) < 4.78 is 13.2. The third-order valence-corrected chi connectivity index (χ3v) is 5.28. The van der Waals surface area contributed by atoms with E-state index in [1.54, 1.807) is 6.07 Å². The van der Waals surface area contributed by atoms with Gasteiger partial charge in [-0.05, 0) is 30.5 Å². The normalized spacial score (nSPS) is 17.4. The van der Waals surface area contributed by atoms with Gasteiger partial charge in [-0.2, -0.15) is 5.10 Å². The Morgan fingerprint density at radius 1 is 1.40 bits per heavy atom. The van der Waals surface area contributed by atoms with E-state index in [2.05, 4.69) is 20.8 Å². The second-order valence-electron chi connectivity index (χ2n) is 6.54. The summed E-state index contributed by atoms with van der Waals surface area (Å²) in [6.45, 7) is 2.03. The van der Waals surface area contributed by atoms with Gasteiger partial charge < -0.3 is 10.6 Å². The van der Waals surface area contributed by atoms with Crippen LogP contribution in [-0.4, -0.2) is 29.2 Å². The number of halogens is 3. The number of fused-ring (bicyclic) bond motifs is 1. The Hall–Kier alpha value is -1.63. The summed E-state index contributed by atoms with van der Waals surface area (Å²) in [5.41, 5.74) is 3.15. The smallest absolute Gasteiger partial charge is 0.272 e. The summed E-state index contributed by atoms with van der Waals surface area (Å²) in [6, 6.07) is 4.46. The van der Waals surface area contributed by atoms with Crippen molar-refractivity contribution in [3.8, 4) is 0 Å². The Labute approximate surface area is 156 Å². The second kappa shape index (κ2) is 6.94. The number of H-pyrrole nitrogens is 1. The van der Waals surface area contributed by atoms with Crippen molar-refractivity contribution < 1.29 is 9.18 Å². The zero-order valence-corrected chi connectivity index (χ0v) is 15.1. The van der Waals surface area contributed by atoms with Crippen LogP contribution in [0.4, 0.5) is 4.39 Å². The van der Waals surface area contributed by atoms with E-state index in [4.69, 9.17) is 11.6 Å². The minimum Gasteiger partial charge on any atom is -0.350 e. The first-order valence-electron chi connectivity index (χ1n) is 8.10. The van der Waals surface area contributed by atoms with E-state index in [0.29, 0.717) is 23.8 Å². The molecule has 5 nitrogen and oxygen atoms in total. The Balaban J connectivity index is 0.00000182. The number of benzene rings is 1. The highest BCUT2D eigenvalue weighted by molar-refractivity contribution is 6.31. The molecule has 1 saturated carbocycles. The average molecular weight is 385 g/mol. The Kier molecular flexibility index (Phi) is 5.04. The maximum Gasteiger partial charge on any atom is 0.272 e. The molecular formula is C17H19Cl2FN4O. The van der Waals surface area contributed by atoms with Crippen LogP contribution in [0.2, 0.25) is 5.02 Å². The van der Waals surface area contributed by atoms with Gasteiger partial charge in [-0.3, -0.25) is 9.89 Å². The molecule has 1 amide bonds. The lowest BCUT2D eigenvalue weighted by atomic mass is 9.95. The zero-order valence-electron chi connectivity index (χ0n) is 13.5. The number of hydrogen-bond donors (Lipinski definition) is 3. The Morgan fingerprint density at radius 2 is 2.20 bits per heavy atom. The standard InChI is InChI=1S/C17H18ClFN4O.ClH/c18-13-7-10(19)1-2-12(13)17(4-5-17)9-21-16(24)15-11-8-20-6-3-14(11)22-23-15;/h1-2,7,20H,3-6,8-9H2,(H,21,24)(H,22,23);1H. The summed E-state index contributed by atoms with van der Waals surface area (Å²) in [5.74, 6) is -0.528. The van der Waals surface area contributed by atoms with Crippen molar-refractivity contribution in [3.63, 3.8) is 0 Å². The van der Waals surface area contributed by atoms with Crippen molar-refractivity contribution >= 4 is 29.9 Å². The van der Waals surface area contributed by atoms with Gasteiger partial charge in [-0.1, -0.05) is 17.7 Å². The molecule has 0 atom stereocenters. The first kappa shape index (κ1) is 18.2. The molecule has 4 rings (SSSR count). The first-order chi connectivity index (χ1) is 11.6. The molecule has 25 heavy (non-hydrogen) atoms. The fourth-order valence-corrected chi connectivity index (χ4v) is 3.73. The Bertz CT molecular complexity index is 804. The monoisotopic (exact) mass is 384 g/mol. The molecule has 0 bridgehead atoms. The van der Waals surface area contributed by atoms with Gasteiger partial charge in [0.1, 0.15) is 5.82 Å². The summed E-state index contributed by atoms with van der Waals surface area (Å²) in [6.07, 6.45) is 2.71. The minimum absolute atomic E-state index is 0. The van der Waals surface area contributed by atoms with Gasteiger partial charge in [0.25, 0.3) is 5.91 Å². The van der Waals surface area contributed by atoms with Crippen LogP contribution in [0, 0.1) is 5.82 Å². The van der Waals surface area contributed by atoms with Gasteiger partial charge in [0.05, 0.1) is 0 Å². The summed E-state index contributed by atoms with van der Waals surface area (Å²) in [7, 11) is 0. The van der Waals surface area contributed by atoms with Crippen molar-refractivity contribution in [2.45, 2.75) is 31.2 Å². The van der Waals surface area contributed by atoms with Gasteiger partial charge >= 0.3 is 0 Å². The largest absolute Gasteiger partial charge is 0.350 e. The van der Waals surface area contributed by atoms with E-state index in [1.807, 2.05) is 0 Å². The molecule has 2 heterocycles. The van der Waals surface area contributed by atoms with E-state index in [9.17, 15) is 9.18 Å². The van der Waals surface area contributed by atoms with Crippen LogP contribution in [-0.2, 0) is 18.4 Å². The highest BCUT2D eigenvalue weighted by Crippen LogP contribution is 2.50. The first-order valence-corrected chi connectivity index (χ1v) is 8.47. The van der Waals surface area contributed by atoms with Crippen molar-refractivity contribution in [1.82, 2.24) is 20.8 Å². The quantitative estimate of drug-likeness (QED) is 0.758. The lowest BCUT2D eigenvalue weighted by Gasteiger charge is -2.18. The van der Waals surface area contributed by atoms with Crippen LogP contribution in [0.3, 0.4) is 0 Å². The van der Waals surface area contributed by atoms with E-state index in [1.165, 1.54) is 12.1 Å². The predicted octanol–water partition coefficient (Wildman–Crippen LogP) is 2.73. The molecule has 1 aliphatic carbocycles. The number of amides is 1. The van der Waals surface area contributed by atoms with Crippen LogP contribution in [0.1, 0.15) is 40.2 Å². The molecular weight excluding hydrogens is 366 g/mol. The van der Waals surface area contributed by atoms with Gasteiger partial charge in [-0.15, -0.1) is 12.4 Å². The summed E-state index contributed by atoms with van der Waals surface area (Å²) in [5, 5.41) is 13.8. The molecule has 1 aromatic heterocycles. The molecule has 0 spiro atoms. The van der Waals surface area contributed by atoms with Gasteiger partial charge in [0, 0.05) is 47.8 Å². The topological polar surface area (TPSA) is 69.8 Å². The molecule has 134 valence electrons. The lowest BCUT2D eigenvalue weighted by molar-refractivity contribution is 0.0943. The molecule has 8 heteroatoms. The van der Waals surface area contributed by atoms with Crippen LogP contribution < -0.4 is 10.6 Å². The average Bonchev–Trinajstić information content (AvgIpc) is 3.23. The highest BCUT2D eigenvalue weighted by Gasteiger charge is 2.45. The molecule has 1 aromatic carbocycles. The highest BCUT2D eigenvalue weighted by atomic mass is 35.5. The maximum absolute atomic E-state index is 13.2. The predicted molar refractivity (Wildman–Crippen MR) is 95.9 cm³/mol. The minimum atomic E-state index is -0.348. The molecule has 0 unspecified atom stereocenters.